The van der Waals surface area contributed by atoms with Gasteiger partial charge in [0.05, 0.1) is 0 Å². The Bertz CT molecular complexity index is 868. The second-order valence-corrected chi connectivity index (χ2v) is 9.12. The maximum absolute atomic E-state index is 12.7. The Morgan fingerprint density at radius 2 is 1.50 bits per heavy atom. The number of rotatable bonds is 7. The van der Waals surface area contributed by atoms with Gasteiger partial charge in [-0.1, -0.05) is 61.7 Å². The van der Waals surface area contributed by atoms with E-state index >= 15 is 0 Å². The molecule has 0 unspecified atom stereocenters. The van der Waals surface area contributed by atoms with Crippen LogP contribution < -0.4 is 5.32 Å². The van der Waals surface area contributed by atoms with Gasteiger partial charge in [0.1, 0.15) is 0 Å². The van der Waals surface area contributed by atoms with Gasteiger partial charge in [-0.2, -0.15) is 0 Å². The Labute approximate surface area is 191 Å². The number of hydrogen-bond donors (Lipinski definition) is 1. The molecule has 5 nitrogen and oxygen atoms in total. The zero-order valence-corrected chi connectivity index (χ0v) is 19.0. The maximum Gasteiger partial charge on any atom is 0.251 e. The molecule has 1 saturated heterocycles. The summed E-state index contributed by atoms with van der Waals surface area (Å²) in [6.45, 7) is 4.99. The van der Waals surface area contributed by atoms with Crippen molar-refractivity contribution in [2.24, 2.45) is 5.92 Å². The minimum Gasteiger partial charge on any atom is -0.352 e. The lowest BCUT2D eigenvalue weighted by molar-refractivity contribution is -0.138. The highest BCUT2D eigenvalue weighted by Gasteiger charge is 2.28. The Morgan fingerprint density at radius 1 is 0.812 bits per heavy atom. The number of nitrogens with one attached hydrogen (secondary N) is 1. The second-order valence-electron chi connectivity index (χ2n) is 9.12. The second kappa shape index (κ2) is 11.3. The van der Waals surface area contributed by atoms with Crippen molar-refractivity contribution in [1.29, 1.82) is 0 Å². The van der Waals surface area contributed by atoms with E-state index in [-0.39, 0.29) is 11.8 Å². The molecule has 0 bridgehead atoms. The minimum atomic E-state index is -0.0256. The smallest absolute Gasteiger partial charge is 0.251 e. The van der Waals surface area contributed by atoms with E-state index in [2.05, 4.69) is 27.2 Å². The summed E-state index contributed by atoms with van der Waals surface area (Å²) in [6.07, 6.45) is 6.68. The summed E-state index contributed by atoms with van der Waals surface area (Å²) in [7, 11) is 0. The van der Waals surface area contributed by atoms with Crippen LogP contribution >= 0.6 is 0 Å². The maximum atomic E-state index is 12.7. The topological polar surface area (TPSA) is 52.7 Å². The summed E-state index contributed by atoms with van der Waals surface area (Å²) in [5.41, 5.74) is 3.13. The van der Waals surface area contributed by atoms with Crippen molar-refractivity contribution >= 4 is 11.8 Å². The summed E-state index contributed by atoms with van der Waals surface area (Å²) >= 11 is 0. The summed E-state index contributed by atoms with van der Waals surface area (Å²) in [6, 6.07) is 18.1. The quantitative estimate of drug-likeness (QED) is 0.721. The Hall–Kier alpha value is -2.66. The van der Waals surface area contributed by atoms with Gasteiger partial charge in [-0.3, -0.25) is 14.5 Å². The fraction of sp³-hybridized carbons (Fsp3) is 0.481. The van der Waals surface area contributed by atoms with Gasteiger partial charge >= 0.3 is 0 Å². The van der Waals surface area contributed by atoms with Gasteiger partial charge in [0, 0.05) is 50.7 Å². The molecule has 5 heteroatoms. The van der Waals surface area contributed by atoms with Gasteiger partial charge < -0.3 is 10.2 Å². The third-order valence-electron chi connectivity index (χ3n) is 6.80. The number of nitrogens with zero attached hydrogens (tertiary/aromatic N) is 2. The first-order valence-corrected chi connectivity index (χ1v) is 12.1. The van der Waals surface area contributed by atoms with Crippen LogP contribution in [0.3, 0.4) is 0 Å². The zero-order chi connectivity index (χ0) is 22.2. The molecule has 0 radical (unpaired) electrons. The first-order valence-electron chi connectivity index (χ1n) is 12.1. The molecule has 4 rings (SSSR count). The predicted molar refractivity (Wildman–Crippen MR) is 127 cm³/mol. The average molecular weight is 434 g/mol. The molecule has 170 valence electrons. The van der Waals surface area contributed by atoms with Gasteiger partial charge in [-0.05, 0) is 42.5 Å². The van der Waals surface area contributed by atoms with Crippen LogP contribution in [-0.2, 0) is 17.8 Å². The van der Waals surface area contributed by atoms with Crippen LogP contribution in [0.15, 0.2) is 54.6 Å². The van der Waals surface area contributed by atoms with Crippen molar-refractivity contribution in [2.75, 3.05) is 32.7 Å². The van der Waals surface area contributed by atoms with E-state index in [9.17, 15) is 9.59 Å². The molecule has 2 amide bonds. The highest BCUT2D eigenvalue weighted by atomic mass is 16.2. The van der Waals surface area contributed by atoms with Crippen molar-refractivity contribution in [3.8, 4) is 0 Å². The molecule has 2 aliphatic rings. The lowest BCUT2D eigenvalue weighted by Crippen LogP contribution is -2.50. The summed E-state index contributed by atoms with van der Waals surface area (Å²) < 4.78 is 0. The van der Waals surface area contributed by atoms with Crippen molar-refractivity contribution in [1.82, 2.24) is 15.1 Å². The van der Waals surface area contributed by atoms with E-state index in [0.29, 0.717) is 18.0 Å². The Morgan fingerprint density at radius 3 is 2.19 bits per heavy atom. The minimum absolute atomic E-state index is 0.0256. The van der Waals surface area contributed by atoms with Gasteiger partial charge in [0.25, 0.3) is 5.91 Å². The molecule has 0 spiro atoms. The number of carbonyl (C=O) groups is 2. The van der Waals surface area contributed by atoms with Crippen LogP contribution in [0, 0.1) is 5.92 Å². The molecule has 1 aliphatic carbocycles. The first-order chi connectivity index (χ1) is 15.7. The van der Waals surface area contributed by atoms with Gasteiger partial charge in [0.15, 0.2) is 0 Å². The van der Waals surface area contributed by atoms with E-state index in [1.807, 2.05) is 42.5 Å². The summed E-state index contributed by atoms with van der Waals surface area (Å²) in [5, 5.41) is 3.00. The number of piperazine rings is 1. The largest absolute Gasteiger partial charge is 0.352 e. The van der Waals surface area contributed by atoms with Gasteiger partial charge in [-0.25, -0.2) is 0 Å². The molecule has 2 fully saturated rings. The Kier molecular flexibility index (Phi) is 7.94. The molecular weight excluding hydrogens is 398 g/mol. The number of benzene rings is 2. The fourth-order valence-corrected chi connectivity index (χ4v) is 4.82. The SMILES string of the molecule is O=C(NCCc1ccccc1)c1ccc(CN2CCN(C(=O)C3CCCCC3)CC2)cc1. The molecule has 2 aromatic rings. The molecule has 1 N–H and O–H groups in total. The molecule has 1 aliphatic heterocycles. The fourth-order valence-electron chi connectivity index (χ4n) is 4.82. The van der Waals surface area contributed by atoms with Crippen LogP contribution in [0.5, 0.6) is 0 Å². The number of amides is 2. The first kappa shape index (κ1) is 22.5. The Balaban J connectivity index is 1.19. The zero-order valence-electron chi connectivity index (χ0n) is 19.0. The van der Waals surface area contributed by atoms with Crippen molar-refractivity contribution in [3.63, 3.8) is 0 Å². The third-order valence-corrected chi connectivity index (χ3v) is 6.80. The molecule has 0 atom stereocenters. The van der Waals surface area contributed by atoms with Gasteiger partial charge in [0.2, 0.25) is 5.91 Å². The molecular formula is C27H35N3O2. The number of hydrogen-bond acceptors (Lipinski definition) is 3. The molecule has 1 saturated carbocycles. The van der Waals surface area contributed by atoms with Crippen LogP contribution in [-0.4, -0.2) is 54.3 Å². The van der Waals surface area contributed by atoms with E-state index < -0.39 is 0 Å². The summed E-state index contributed by atoms with van der Waals surface area (Å²) in [5.74, 6) is 0.621. The van der Waals surface area contributed by atoms with Crippen molar-refractivity contribution in [2.45, 2.75) is 45.1 Å². The van der Waals surface area contributed by atoms with Gasteiger partial charge in [-0.15, -0.1) is 0 Å². The van der Waals surface area contributed by atoms with Crippen LogP contribution in [0.2, 0.25) is 0 Å². The van der Waals surface area contributed by atoms with Crippen LogP contribution in [0.25, 0.3) is 0 Å². The van der Waals surface area contributed by atoms with E-state index in [4.69, 9.17) is 0 Å². The lowest BCUT2D eigenvalue weighted by Gasteiger charge is -2.37. The van der Waals surface area contributed by atoms with Crippen LogP contribution in [0.1, 0.15) is 53.6 Å². The van der Waals surface area contributed by atoms with E-state index in [1.165, 1.54) is 30.4 Å². The van der Waals surface area contributed by atoms with Crippen molar-refractivity contribution in [3.05, 3.63) is 71.3 Å². The lowest BCUT2D eigenvalue weighted by atomic mass is 9.88. The van der Waals surface area contributed by atoms with Crippen LogP contribution in [0.4, 0.5) is 0 Å². The highest BCUT2D eigenvalue weighted by molar-refractivity contribution is 5.94. The predicted octanol–water partition coefficient (Wildman–Crippen LogP) is 3.88. The molecule has 1 heterocycles. The monoisotopic (exact) mass is 433 g/mol. The molecule has 0 aromatic heterocycles. The standard InChI is InChI=1S/C27H35N3O2/c31-26(28-16-15-22-7-3-1-4-8-22)24-13-11-23(12-14-24)21-29-17-19-30(20-18-29)27(32)25-9-5-2-6-10-25/h1,3-4,7-8,11-14,25H,2,5-6,9-10,15-21H2,(H,28,31). The number of carbonyl (C=O) groups excluding carboxylic acids is 2. The van der Waals surface area contributed by atoms with E-state index in [1.54, 1.807) is 0 Å². The molecule has 32 heavy (non-hydrogen) atoms. The highest BCUT2D eigenvalue weighted by Crippen LogP contribution is 2.26. The summed E-state index contributed by atoms with van der Waals surface area (Å²) in [4.78, 5) is 29.6. The van der Waals surface area contributed by atoms with Crippen molar-refractivity contribution < 1.29 is 9.59 Å². The molecule has 2 aromatic carbocycles. The normalized spacial score (nSPS) is 17.8. The van der Waals surface area contributed by atoms with E-state index in [0.717, 1.165) is 52.0 Å². The third kappa shape index (κ3) is 6.19. The average Bonchev–Trinajstić information content (AvgIpc) is 2.86.